The molecule has 32 heavy (non-hydrogen) atoms. The van der Waals surface area contributed by atoms with Crippen LogP contribution < -0.4 is 5.32 Å². The number of amides is 2. The van der Waals surface area contributed by atoms with E-state index in [4.69, 9.17) is 0 Å². The van der Waals surface area contributed by atoms with Crippen molar-refractivity contribution in [2.75, 3.05) is 13.1 Å². The standard InChI is InChI=1S/C26H28N4O2/c31-25(18-29-17-21(14-26(29)32)20-10-5-2-6-11-20)28-23-12-7-13-24-22(23)15-27-30(24)16-19-8-3-1-4-9-19/h1-6,8-11,15,21,23H,7,12-14,16-18H2,(H,28,31)/t21-,23+/m1/s1. The maximum atomic E-state index is 12.8. The molecule has 2 aromatic carbocycles. The van der Waals surface area contributed by atoms with Crippen LogP contribution in [0.15, 0.2) is 66.9 Å². The van der Waals surface area contributed by atoms with Crippen LogP contribution in [0.25, 0.3) is 0 Å². The highest BCUT2D eigenvalue weighted by Gasteiger charge is 2.32. The lowest BCUT2D eigenvalue weighted by Gasteiger charge is -2.25. The van der Waals surface area contributed by atoms with Gasteiger partial charge in [0.15, 0.2) is 0 Å². The number of hydrogen-bond donors (Lipinski definition) is 1. The average Bonchev–Trinajstić information content (AvgIpc) is 3.39. The van der Waals surface area contributed by atoms with E-state index in [1.165, 1.54) is 11.3 Å². The minimum atomic E-state index is -0.0966. The Labute approximate surface area is 188 Å². The minimum absolute atomic E-state index is 0.0431. The molecule has 2 aliphatic rings. The summed E-state index contributed by atoms with van der Waals surface area (Å²) in [5, 5.41) is 7.78. The van der Waals surface area contributed by atoms with Crippen molar-refractivity contribution in [3.63, 3.8) is 0 Å². The lowest BCUT2D eigenvalue weighted by Crippen LogP contribution is -2.40. The normalized spacial score (nSPS) is 20.2. The van der Waals surface area contributed by atoms with Gasteiger partial charge in [0, 0.05) is 30.1 Å². The topological polar surface area (TPSA) is 67.2 Å². The van der Waals surface area contributed by atoms with E-state index in [-0.39, 0.29) is 30.3 Å². The van der Waals surface area contributed by atoms with E-state index in [0.29, 0.717) is 13.0 Å². The summed E-state index contributed by atoms with van der Waals surface area (Å²) < 4.78 is 2.05. The van der Waals surface area contributed by atoms with Gasteiger partial charge in [0.2, 0.25) is 11.8 Å². The Morgan fingerprint density at radius 2 is 1.81 bits per heavy atom. The zero-order valence-electron chi connectivity index (χ0n) is 18.1. The summed E-state index contributed by atoms with van der Waals surface area (Å²) in [5.74, 6) is 0.115. The van der Waals surface area contributed by atoms with Crippen LogP contribution in [-0.2, 0) is 22.6 Å². The Balaban J connectivity index is 1.22. The van der Waals surface area contributed by atoms with E-state index in [2.05, 4.69) is 39.4 Å². The molecule has 164 valence electrons. The number of rotatable bonds is 6. The first kappa shape index (κ1) is 20.5. The first-order chi connectivity index (χ1) is 15.7. The number of fused-ring (bicyclic) bond motifs is 1. The predicted molar refractivity (Wildman–Crippen MR) is 122 cm³/mol. The maximum absolute atomic E-state index is 12.8. The van der Waals surface area contributed by atoms with Gasteiger partial charge in [0.1, 0.15) is 0 Å². The number of carbonyl (C=O) groups is 2. The Bertz CT molecular complexity index is 1090. The number of likely N-dealkylation sites (tertiary alicyclic amines) is 1. The number of carbonyl (C=O) groups excluding carboxylic acids is 2. The highest BCUT2D eigenvalue weighted by molar-refractivity contribution is 5.86. The van der Waals surface area contributed by atoms with Crippen molar-refractivity contribution >= 4 is 11.8 Å². The molecule has 0 spiro atoms. The van der Waals surface area contributed by atoms with Crippen LogP contribution in [0, 0.1) is 0 Å². The van der Waals surface area contributed by atoms with Crippen molar-refractivity contribution in [2.45, 2.75) is 44.2 Å². The van der Waals surface area contributed by atoms with Crippen LogP contribution in [0.1, 0.15) is 53.6 Å². The Morgan fingerprint density at radius 3 is 2.59 bits per heavy atom. The van der Waals surface area contributed by atoms with E-state index < -0.39 is 0 Å². The third kappa shape index (κ3) is 4.31. The molecule has 0 radical (unpaired) electrons. The van der Waals surface area contributed by atoms with E-state index in [9.17, 15) is 9.59 Å². The molecular weight excluding hydrogens is 400 g/mol. The monoisotopic (exact) mass is 428 g/mol. The Morgan fingerprint density at radius 1 is 1.06 bits per heavy atom. The summed E-state index contributed by atoms with van der Waals surface area (Å²) in [5.41, 5.74) is 4.68. The minimum Gasteiger partial charge on any atom is -0.348 e. The number of nitrogens with zero attached hydrogens (tertiary/aromatic N) is 3. The van der Waals surface area contributed by atoms with E-state index in [1.54, 1.807) is 4.90 Å². The second-order valence-corrected chi connectivity index (χ2v) is 8.79. The number of nitrogens with one attached hydrogen (secondary N) is 1. The van der Waals surface area contributed by atoms with Gasteiger partial charge in [-0.05, 0) is 30.4 Å². The molecule has 2 amide bonds. The Hall–Kier alpha value is -3.41. The van der Waals surface area contributed by atoms with Crippen LogP contribution in [0.3, 0.4) is 0 Å². The van der Waals surface area contributed by atoms with Crippen LogP contribution in [-0.4, -0.2) is 39.6 Å². The maximum Gasteiger partial charge on any atom is 0.240 e. The third-order valence-corrected chi connectivity index (χ3v) is 6.59. The van der Waals surface area contributed by atoms with Crippen molar-refractivity contribution < 1.29 is 9.59 Å². The molecule has 1 aliphatic heterocycles. The number of aromatic nitrogens is 2. The molecule has 6 heteroatoms. The average molecular weight is 429 g/mol. The van der Waals surface area contributed by atoms with Gasteiger partial charge >= 0.3 is 0 Å². The molecule has 0 saturated carbocycles. The van der Waals surface area contributed by atoms with Crippen LogP contribution in [0.5, 0.6) is 0 Å². The van der Waals surface area contributed by atoms with Gasteiger partial charge in [-0.2, -0.15) is 5.10 Å². The third-order valence-electron chi connectivity index (χ3n) is 6.59. The van der Waals surface area contributed by atoms with Crippen LogP contribution in [0.2, 0.25) is 0 Å². The van der Waals surface area contributed by atoms with Gasteiger partial charge in [-0.3, -0.25) is 14.3 Å². The lowest BCUT2D eigenvalue weighted by molar-refractivity contribution is -0.133. The zero-order chi connectivity index (χ0) is 21.9. The van der Waals surface area contributed by atoms with Crippen molar-refractivity contribution in [1.82, 2.24) is 20.0 Å². The van der Waals surface area contributed by atoms with Gasteiger partial charge in [0.25, 0.3) is 0 Å². The quantitative estimate of drug-likeness (QED) is 0.654. The summed E-state index contributed by atoms with van der Waals surface area (Å²) in [6.07, 6.45) is 5.25. The zero-order valence-corrected chi connectivity index (χ0v) is 18.1. The molecule has 5 rings (SSSR count). The molecule has 1 N–H and O–H groups in total. The van der Waals surface area contributed by atoms with Gasteiger partial charge < -0.3 is 10.2 Å². The molecular formula is C26H28N4O2. The fourth-order valence-corrected chi connectivity index (χ4v) is 4.95. The predicted octanol–water partition coefficient (Wildman–Crippen LogP) is 3.44. The number of hydrogen-bond acceptors (Lipinski definition) is 3. The summed E-state index contributed by atoms with van der Waals surface area (Å²) in [7, 11) is 0. The molecule has 0 unspecified atom stereocenters. The smallest absolute Gasteiger partial charge is 0.240 e. The molecule has 6 nitrogen and oxygen atoms in total. The van der Waals surface area contributed by atoms with Gasteiger partial charge in [-0.25, -0.2) is 0 Å². The second-order valence-electron chi connectivity index (χ2n) is 8.79. The van der Waals surface area contributed by atoms with E-state index >= 15 is 0 Å². The number of benzene rings is 2. The van der Waals surface area contributed by atoms with Crippen molar-refractivity contribution in [1.29, 1.82) is 0 Å². The van der Waals surface area contributed by atoms with Gasteiger partial charge in [-0.1, -0.05) is 60.7 Å². The lowest BCUT2D eigenvalue weighted by atomic mass is 9.93. The van der Waals surface area contributed by atoms with Crippen molar-refractivity contribution in [3.8, 4) is 0 Å². The SMILES string of the molecule is O=C(CN1C[C@H](c2ccccc2)CC1=O)N[C@H]1CCCc2c1cnn2Cc1ccccc1. The highest BCUT2D eigenvalue weighted by atomic mass is 16.2. The Kier molecular flexibility index (Phi) is 5.75. The first-order valence-electron chi connectivity index (χ1n) is 11.4. The van der Waals surface area contributed by atoms with Gasteiger partial charge in [-0.15, -0.1) is 0 Å². The largest absolute Gasteiger partial charge is 0.348 e. The molecule has 1 saturated heterocycles. The van der Waals surface area contributed by atoms with Crippen molar-refractivity contribution in [3.05, 3.63) is 89.2 Å². The summed E-state index contributed by atoms with van der Waals surface area (Å²) in [4.78, 5) is 27.0. The highest BCUT2D eigenvalue weighted by Crippen LogP contribution is 2.31. The second kappa shape index (κ2) is 8.99. The fourth-order valence-electron chi connectivity index (χ4n) is 4.95. The molecule has 1 aliphatic carbocycles. The van der Waals surface area contributed by atoms with E-state index in [0.717, 1.165) is 36.9 Å². The first-order valence-corrected chi connectivity index (χ1v) is 11.4. The summed E-state index contributed by atoms with van der Waals surface area (Å²) >= 11 is 0. The molecule has 2 heterocycles. The van der Waals surface area contributed by atoms with Crippen LogP contribution in [0.4, 0.5) is 0 Å². The van der Waals surface area contributed by atoms with Crippen molar-refractivity contribution in [2.24, 2.45) is 0 Å². The molecule has 0 bridgehead atoms. The molecule has 2 atom stereocenters. The molecule has 3 aromatic rings. The summed E-state index contributed by atoms with van der Waals surface area (Å²) in [6.45, 7) is 1.45. The van der Waals surface area contributed by atoms with Gasteiger partial charge in [0.05, 0.1) is 25.3 Å². The fraction of sp³-hybridized carbons (Fsp3) is 0.346. The van der Waals surface area contributed by atoms with Crippen LogP contribution >= 0.6 is 0 Å². The summed E-state index contributed by atoms with van der Waals surface area (Å²) in [6, 6.07) is 20.3. The molecule has 1 fully saturated rings. The van der Waals surface area contributed by atoms with E-state index in [1.807, 2.05) is 42.6 Å². The molecule has 1 aromatic heterocycles.